The van der Waals surface area contributed by atoms with Gasteiger partial charge in [-0.2, -0.15) is 0 Å². The van der Waals surface area contributed by atoms with Gasteiger partial charge in [0.15, 0.2) is 17.3 Å². The quantitative estimate of drug-likeness (QED) is 0.495. The predicted molar refractivity (Wildman–Crippen MR) is 77.5 cm³/mol. The number of halogens is 3. The molecular weight excluding hydrogens is 316 g/mol. The maximum atomic E-state index is 13.9. The summed E-state index contributed by atoms with van der Waals surface area (Å²) in [6, 6.07) is 4.66. The highest BCUT2D eigenvalue weighted by atomic mass is 35.5. The number of hydrogen-bond donors (Lipinski definition) is 3. The van der Waals surface area contributed by atoms with Gasteiger partial charge >= 0.3 is 0 Å². The summed E-state index contributed by atoms with van der Waals surface area (Å²) in [6.07, 6.45) is 1.20. The summed E-state index contributed by atoms with van der Waals surface area (Å²) in [5.41, 5.74) is 0.250. The summed E-state index contributed by atoms with van der Waals surface area (Å²) < 4.78 is 27.1. The smallest absolute Gasteiger partial charge is 0.168 e. The molecule has 0 atom stereocenters. The summed E-state index contributed by atoms with van der Waals surface area (Å²) in [5, 5.41) is 21.4. The molecule has 1 heterocycles. The fraction of sp³-hybridized carbons (Fsp3) is 0. The summed E-state index contributed by atoms with van der Waals surface area (Å²) in [5.74, 6) is -2.38. The van der Waals surface area contributed by atoms with Gasteiger partial charge in [-0.05, 0) is 18.2 Å². The van der Waals surface area contributed by atoms with E-state index in [9.17, 15) is 19.0 Å². The van der Waals surface area contributed by atoms with Crippen molar-refractivity contribution in [2.45, 2.75) is 0 Å². The van der Waals surface area contributed by atoms with Gasteiger partial charge in [0, 0.05) is 11.5 Å². The van der Waals surface area contributed by atoms with Crippen LogP contribution in [0, 0.1) is 11.6 Å². The van der Waals surface area contributed by atoms with Crippen molar-refractivity contribution < 1.29 is 19.0 Å². The fourth-order valence-electron chi connectivity index (χ4n) is 1.93. The first kappa shape index (κ1) is 14.3. The first-order valence-electron chi connectivity index (χ1n) is 6.04. The molecule has 0 aliphatic heterocycles. The zero-order valence-electron chi connectivity index (χ0n) is 10.8. The monoisotopic (exact) mass is 323 g/mol. The second-order valence-corrected chi connectivity index (χ2v) is 4.81. The largest absolute Gasteiger partial charge is 0.504 e. The Morgan fingerprint density at radius 2 is 1.77 bits per heavy atom. The van der Waals surface area contributed by atoms with Crippen LogP contribution in [0.1, 0.15) is 0 Å². The maximum Gasteiger partial charge on any atom is 0.168 e. The molecule has 0 saturated carbocycles. The molecule has 8 heteroatoms. The highest BCUT2D eigenvalue weighted by molar-refractivity contribution is 6.31. The molecule has 3 aromatic rings. The molecule has 5 nitrogen and oxygen atoms in total. The number of rotatable bonds is 2. The van der Waals surface area contributed by atoms with Gasteiger partial charge in [0.05, 0.1) is 11.2 Å². The van der Waals surface area contributed by atoms with Crippen LogP contribution >= 0.6 is 11.6 Å². The van der Waals surface area contributed by atoms with Gasteiger partial charge in [-0.25, -0.2) is 18.7 Å². The van der Waals surface area contributed by atoms with Gasteiger partial charge < -0.3 is 15.5 Å². The molecule has 0 aliphatic rings. The zero-order chi connectivity index (χ0) is 15.9. The van der Waals surface area contributed by atoms with Gasteiger partial charge in [-0.15, -0.1) is 0 Å². The molecule has 1 aromatic heterocycles. The van der Waals surface area contributed by atoms with E-state index in [4.69, 9.17) is 11.6 Å². The first-order valence-corrected chi connectivity index (χ1v) is 6.42. The van der Waals surface area contributed by atoms with Gasteiger partial charge in [-0.3, -0.25) is 0 Å². The van der Waals surface area contributed by atoms with Crippen molar-refractivity contribution in [2.24, 2.45) is 0 Å². The third-order valence-electron chi connectivity index (χ3n) is 3.02. The SMILES string of the molecule is Oc1cc2ncnc(Nc3ccc(F)c(Cl)c3F)c2cc1O. The molecule has 22 heavy (non-hydrogen) atoms. The van der Waals surface area contributed by atoms with Crippen molar-refractivity contribution in [1.29, 1.82) is 0 Å². The molecule has 0 fully saturated rings. The summed E-state index contributed by atoms with van der Waals surface area (Å²) in [7, 11) is 0. The van der Waals surface area contributed by atoms with Gasteiger partial charge in [0.1, 0.15) is 23.0 Å². The van der Waals surface area contributed by atoms with E-state index in [1.54, 1.807) is 0 Å². The predicted octanol–water partition coefficient (Wildman–Crippen LogP) is 3.72. The van der Waals surface area contributed by atoms with Crippen molar-refractivity contribution in [1.82, 2.24) is 9.97 Å². The molecule has 0 radical (unpaired) electrons. The number of hydrogen-bond acceptors (Lipinski definition) is 5. The molecule has 3 rings (SSSR count). The number of benzene rings is 2. The number of aromatic hydroxyl groups is 2. The highest BCUT2D eigenvalue weighted by Gasteiger charge is 2.14. The Hall–Kier alpha value is -2.67. The average molecular weight is 324 g/mol. The summed E-state index contributed by atoms with van der Waals surface area (Å²) in [6.45, 7) is 0. The van der Waals surface area contributed by atoms with Crippen LogP contribution in [0.25, 0.3) is 10.9 Å². The van der Waals surface area contributed by atoms with Crippen LogP contribution in [-0.2, 0) is 0 Å². The third-order valence-corrected chi connectivity index (χ3v) is 3.37. The normalized spacial score (nSPS) is 10.9. The molecule has 112 valence electrons. The average Bonchev–Trinajstić information content (AvgIpc) is 2.50. The molecule has 0 bridgehead atoms. The Labute approximate surface area is 127 Å². The van der Waals surface area contributed by atoms with Crippen LogP contribution in [0.2, 0.25) is 5.02 Å². The van der Waals surface area contributed by atoms with Crippen LogP contribution < -0.4 is 5.32 Å². The van der Waals surface area contributed by atoms with Crippen LogP contribution in [-0.4, -0.2) is 20.2 Å². The second-order valence-electron chi connectivity index (χ2n) is 4.43. The maximum absolute atomic E-state index is 13.9. The van der Waals surface area contributed by atoms with Crippen molar-refractivity contribution in [2.75, 3.05) is 5.32 Å². The molecule has 2 aromatic carbocycles. The number of nitrogens with one attached hydrogen (secondary N) is 1. The summed E-state index contributed by atoms with van der Waals surface area (Å²) >= 11 is 5.52. The van der Waals surface area contributed by atoms with Crippen LogP contribution in [0.4, 0.5) is 20.3 Å². The van der Waals surface area contributed by atoms with Crippen LogP contribution in [0.5, 0.6) is 11.5 Å². The molecule has 0 spiro atoms. The molecular formula is C14H8ClF2N3O2. The van der Waals surface area contributed by atoms with E-state index in [1.807, 2.05) is 0 Å². The second kappa shape index (κ2) is 5.27. The lowest BCUT2D eigenvalue weighted by molar-refractivity contribution is 0.405. The minimum absolute atomic E-state index is 0.0843. The number of nitrogens with zero attached hydrogens (tertiary/aromatic N) is 2. The first-order chi connectivity index (χ1) is 10.5. The van der Waals surface area contributed by atoms with Crippen LogP contribution in [0.3, 0.4) is 0 Å². The van der Waals surface area contributed by atoms with E-state index in [2.05, 4.69) is 15.3 Å². The number of anilines is 2. The van der Waals surface area contributed by atoms with E-state index in [-0.39, 0.29) is 23.0 Å². The number of fused-ring (bicyclic) bond motifs is 1. The van der Waals surface area contributed by atoms with E-state index < -0.39 is 16.7 Å². The molecule has 0 saturated heterocycles. The third kappa shape index (κ3) is 2.35. The van der Waals surface area contributed by atoms with Crippen molar-refractivity contribution in [3.63, 3.8) is 0 Å². The van der Waals surface area contributed by atoms with Crippen LogP contribution in [0.15, 0.2) is 30.6 Å². The van der Waals surface area contributed by atoms with Gasteiger partial charge in [-0.1, -0.05) is 11.6 Å². The highest BCUT2D eigenvalue weighted by Crippen LogP contribution is 2.34. The fourth-order valence-corrected chi connectivity index (χ4v) is 2.10. The molecule has 0 amide bonds. The van der Waals surface area contributed by atoms with Gasteiger partial charge in [0.2, 0.25) is 0 Å². The van der Waals surface area contributed by atoms with Crippen molar-refractivity contribution >= 4 is 34.0 Å². The Morgan fingerprint density at radius 1 is 1.05 bits per heavy atom. The minimum Gasteiger partial charge on any atom is -0.504 e. The number of aromatic nitrogens is 2. The van der Waals surface area contributed by atoms with E-state index in [1.165, 1.54) is 24.5 Å². The lowest BCUT2D eigenvalue weighted by Gasteiger charge is -2.10. The standard InChI is InChI=1S/C14H8ClF2N3O2/c15-12-7(16)1-2-8(13(12)17)20-14-6-3-10(21)11(22)4-9(6)18-5-19-14/h1-5,21-22H,(H,18,19,20). The Bertz CT molecular complexity index is 890. The number of phenolic OH excluding ortho intramolecular Hbond substituents is 2. The minimum atomic E-state index is -0.962. The van der Waals surface area contributed by atoms with Crippen molar-refractivity contribution in [3.05, 3.63) is 47.2 Å². The van der Waals surface area contributed by atoms with E-state index >= 15 is 0 Å². The number of phenols is 2. The lowest BCUT2D eigenvalue weighted by Crippen LogP contribution is -1.99. The van der Waals surface area contributed by atoms with E-state index in [0.717, 1.165) is 6.07 Å². The van der Waals surface area contributed by atoms with E-state index in [0.29, 0.717) is 10.9 Å². The Kier molecular flexibility index (Phi) is 3.42. The molecule has 0 unspecified atom stereocenters. The summed E-state index contributed by atoms with van der Waals surface area (Å²) in [4.78, 5) is 7.89. The topological polar surface area (TPSA) is 78.3 Å². The Morgan fingerprint density at radius 3 is 2.55 bits per heavy atom. The van der Waals surface area contributed by atoms with Gasteiger partial charge in [0.25, 0.3) is 0 Å². The zero-order valence-corrected chi connectivity index (χ0v) is 11.6. The Balaban J connectivity index is 2.12. The van der Waals surface area contributed by atoms with Crippen molar-refractivity contribution in [3.8, 4) is 11.5 Å². The molecule has 3 N–H and O–H groups in total. The lowest BCUT2D eigenvalue weighted by atomic mass is 10.2. The molecule has 0 aliphatic carbocycles.